The summed E-state index contributed by atoms with van der Waals surface area (Å²) in [7, 11) is 0. The number of pyridine rings is 1. The average molecular weight is 418 g/mol. The fraction of sp³-hybridized carbons (Fsp3) is 0.136. The van der Waals surface area contributed by atoms with Gasteiger partial charge in [0, 0.05) is 35.6 Å². The molecule has 0 bridgehead atoms. The van der Waals surface area contributed by atoms with E-state index in [4.69, 9.17) is 0 Å². The molecule has 4 rings (SSSR count). The number of hydrogen-bond acceptors (Lipinski definition) is 5. The van der Waals surface area contributed by atoms with Gasteiger partial charge in [-0.25, -0.2) is 0 Å². The lowest BCUT2D eigenvalue weighted by Gasteiger charge is -2.17. The molecule has 1 aliphatic heterocycles. The van der Waals surface area contributed by atoms with Crippen molar-refractivity contribution in [3.05, 3.63) is 98.5 Å². The molecule has 31 heavy (non-hydrogen) atoms. The Morgan fingerprint density at radius 2 is 1.77 bits per heavy atom. The minimum Gasteiger partial charge on any atom is -0.325 e. The number of amides is 2. The smallest absolute Gasteiger partial charge is 0.285 e. The molecule has 1 aromatic heterocycles. The number of nitrogens with one attached hydrogen (secondary N) is 1. The number of carbonyl (C=O) groups excluding carboxylic acids is 2. The van der Waals surface area contributed by atoms with E-state index >= 15 is 0 Å². The average Bonchev–Trinajstić information content (AvgIpc) is 3.19. The first-order valence-corrected chi connectivity index (χ1v) is 9.57. The molecule has 0 saturated carbocycles. The Bertz CT molecular complexity index is 1230. The molecule has 9 heteroatoms. The van der Waals surface area contributed by atoms with Crippen LogP contribution in [0.3, 0.4) is 0 Å². The van der Waals surface area contributed by atoms with Crippen LogP contribution in [-0.2, 0) is 17.8 Å². The van der Waals surface area contributed by atoms with Crippen LogP contribution in [0.5, 0.6) is 0 Å². The van der Waals surface area contributed by atoms with E-state index < -0.39 is 16.4 Å². The number of hydrogen-bond donors (Lipinski definition) is 1. The van der Waals surface area contributed by atoms with Crippen LogP contribution in [0.1, 0.15) is 15.9 Å². The van der Waals surface area contributed by atoms with Crippen molar-refractivity contribution in [3.63, 3.8) is 0 Å². The molecule has 9 nitrogen and oxygen atoms in total. The Kier molecular flexibility index (Phi) is 5.31. The maximum Gasteiger partial charge on any atom is 0.285 e. The Hall–Kier alpha value is -4.27. The first kappa shape index (κ1) is 20.0. The van der Waals surface area contributed by atoms with Gasteiger partial charge in [-0.3, -0.25) is 29.1 Å². The number of rotatable bonds is 5. The van der Waals surface area contributed by atoms with Gasteiger partial charge in [-0.05, 0) is 42.3 Å². The van der Waals surface area contributed by atoms with Gasteiger partial charge in [0.2, 0.25) is 5.91 Å². The molecule has 0 aliphatic carbocycles. The van der Waals surface area contributed by atoms with Crippen LogP contribution >= 0.6 is 0 Å². The topological polar surface area (TPSA) is 115 Å². The summed E-state index contributed by atoms with van der Waals surface area (Å²) < 4.78 is 0.968. The fourth-order valence-corrected chi connectivity index (χ4v) is 3.51. The van der Waals surface area contributed by atoms with Crippen LogP contribution in [0.15, 0.2) is 71.7 Å². The molecule has 0 saturated heterocycles. The van der Waals surface area contributed by atoms with Crippen LogP contribution in [0, 0.1) is 10.1 Å². The van der Waals surface area contributed by atoms with Crippen molar-refractivity contribution in [1.29, 1.82) is 0 Å². The Morgan fingerprint density at radius 3 is 2.52 bits per heavy atom. The molecule has 2 heterocycles. The van der Waals surface area contributed by atoms with E-state index in [0.717, 1.165) is 40.6 Å². The standard InChI is InChI=1S/C22H18N4O5/c27-20(14-24-13-18(26(30)31)9-10-21(24)28)23-17-7-5-16(6-8-17)22(29)25-12-11-15-3-1-2-4-19(15)25/h1-10,13H,11-12,14H2,(H,23,27). The molecule has 0 radical (unpaired) electrons. The lowest BCUT2D eigenvalue weighted by atomic mass is 10.1. The second kappa shape index (κ2) is 8.23. The highest BCUT2D eigenvalue weighted by molar-refractivity contribution is 6.07. The van der Waals surface area contributed by atoms with Crippen molar-refractivity contribution in [3.8, 4) is 0 Å². The van der Waals surface area contributed by atoms with Gasteiger partial charge in [-0.1, -0.05) is 18.2 Å². The number of carbonyl (C=O) groups is 2. The van der Waals surface area contributed by atoms with E-state index in [2.05, 4.69) is 5.32 Å². The summed E-state index contributed by atoms with van der Waals surface area (Å²) in [6, 6.07) is 16.4. The number of fused-ring (bicyclic) bond motifs is 1. The van der Waals surface area contributed by atoms with Crippen molar-refractivity contribution in [2.24, 2.45) is 0 Å². The maximum atomic E-state index is 12.9. The normalized spacial score (nSPS) is 12.3. The minimum absolute atomic E-state index is 0.119. The zero-order valence-corrected chi connectivity index (χ0v) is 16.4. The van der Waals surface area contributed by atoms with E-state index in [0.29, 0.717) is 17.8 Å². The summed E-state index contributed by atoms with van der Waals surface area (Å²) in [5.41, 5.74) is 2.18. The van der Waals surface area contributed by atoms with Gasteiger partial charge in [0.1, 0.15) is 6.54 Å². The SMILES string of the molecule is O=C(Cn1cc([N+](=O)[O-])ccc1=O)Nc1ccc(C(=O)N2CCc3ccccc32)cc1. The molecular formula is C22H18N4O5. The largest absolute Gasteiger partial charge is 0.325 e. The molecule has 1 N–H and O–H groups in total. The third-order valence-electron chi connectivity index (χ3n) is 5.04. The van der Waals surface area contributed by atoms with Crippen LogP contribution in [0.25, 0.3) is 0 Å². The zero-order valence-electron chi connectivity index (χ0n) is 16.4. The summed E-state index contributed by atoms with van der Waals surface area (Å²) in [6.45, 7) is 0.250. The lowest BCUT2D eigenvalue weighted by Crippen LogP contribution is -2.29. The van der Waals surface area contributed by atoms with Crippen LogP contribution < -0.4 is 15.8 Å². The zero-order chi connectivity index (χ0) is 22.0. The molecule has 156 valence electrons. The van der Waals surface area contributed by atoms with Gasteiger partial charge < -0.3 is 10.2 Å². The second-order valence-corrected chi connectivity index (χ2v) is 7.07. The number of para-hydroxylation sites is 1. The number of anilines is 2. The molecule has 0 spiro atoms. The van der Waals surface area contributed by atoms with E-state index in [1.807, 2.05) is 24.3 Å². The fourth-order valence-electron chi connectivity index (χ4n) is 3.51. The van der Waals surface area contributed by atoms with Crippen molar-refractivity contribution >= 4 is 28.9 Å². The highest BCUT2D eigenvalue weighted by atomic mass is 16.6. The quantitative estimate of drug-likeness (QED) is 0.505. The Morgan fingerprint density at radius 1 is 1.03 bits per heavy atom. The van der Waals surface area contributed by atoms with Crippen molar-refractivity contribution in [2.45, 2.75) is 13.0 Å². The summed E-state index contributed by atoms with van der Waals surface area (Å²) >= 11 is 0. The van der Waals surface area contributed by atoms with Crippen LogP contribution in [0.2, 0.25) is 0 Å². The molecule has 0 unspecified atom stereocenters. The van der Waals surface area contributed by atoms with Crippen LogP contribution in [0.4, 0.5) is 17.1 Å². The molecule has 3 aromatic rings. The number of aromatic nitrogens is 1. The molecule has 2 amide bonds. The first-order valence-electron chi connectivity index (χ1n) is 9.57. The third-order valence-corrected chi connectivity index (χ3v) is 5.04. The summed E-state index contributed by atoms with van der Waals surface area (Å²) in [5.74, 6) is -0.638. The lowest BCUT2D eigenvalue weighted by molar-refractivity contribution is -0.385. The number of nitro groups is 1. The van der Waals surface area contributed by atoms with Gasteiger partial charge in [0.15, 0.2) is 0 Å². The Balaban J connectivity index is 1.43. The number of benzene rings is 2. The highest BCUT2D eigenvalue weighted by Crippen LogP contribution is 2.29. The minimum atomic E-state index is -0.637. The predicted octanol–water partition coefficient (Wildman–Crippen LogP) is 2.60. The van der Waals surface area contributed by atoms with Crippen molar-refractivity contribution in [2.75, 3.05) is 16.8 Å². The second-order valence-electron chi connectivity index (χ2n) is 7.07. The molecule has 1 aliphatic rings. The molecular weight excluding hydrogens is 400 g/mol. The molecule has 0 atom stereocenters. The summed E-state index contributed by atoms with van der Waals surface area (Å²) in [6.07, 6.45) is 1.84. The molecule has 2 aromatic carbocycles. The maximum absolute atomic E-state index is 12.9. The van der Waals surface area contributed by atoms with E-state index in [1.165, 1.54) is 0 Å². The highest BCUT2D eigenvalue weighted by Gasteiger charge is 2.25. The van der Waals surface area contributed by atoms with Crippen LogP contribution in [-0.4, -0.2) is 27.8 Å². The predicted molar refractivity (Wildman–Crippen MR) is 114 cm³/mol. The van der Waals surface area contributed by atoms with Gasteiger partial charge >= 0.3 is 0 Å². The van der Waals surface area contributed by atoms with Gasteiger partial charge in [0.05, 0.1) is 11.1 Å². The van der Waals surface area contributed by atoms with Gasteiger partial charge in [-0.2, -0.15) is 0 Å². The summed E-state index contributed by atoms with van der Waals surface area (Å²) in [4.78, 5) is 48.9. The van der Waals surface area contributed by atoms with E-state index in [-0.39, 0.29) is 18.1 Å². The third kappa shape index (κ3) is 4.20. The van der Waals surface area contributed by atoms with E-state index in [1.54, 1.807) is 29.2 Å². The summed E-state index contributed by atoms with van der Waals surface area (Å²) in [5, 5.41) is 13.5. The van der Waals surface area contributed by atoms with E-state index in [9.17, 15) is 24.5 Å². The monoisotopic (exact) mass is 418 g/mol. The van der Waals surface area contributed by atoms with Crippen molar-refractivity contribution < 1.29 is 14.5 Å². The van der Waals surface area contributed by atoms with Gasteiger partial charge in [0.25, 0.3) is 17.2 Å². The molecule has 0 fully saturated rings. The van der Waals surface area contributed by atoms with Gasteiger partial charge in [-0.15, -0.1) is 0 Å². The Labute approximate surface area is 176 Å². The first-order chi connectivity index (χ1) is 14.9. The number of nitrogens with zero attached hydrogens (tertiary/aromatic N) is 3. The van der Waals surface area contributed by atoms with Crippen molar-refractivity contribution in [1.82, 2.24) is 4.57 Å².